The number of fused-ring (bicyclic) bond motifs is 1. The summed E-state index contributed by atoms with van der Waals surface area (Å²) in [5.74, 6) is -0.0362. The summed E-state index contributed by atoms with van der Waals surface area (Å²) >= 11 is 1.45. The molecule has 0 atom stereocenters. The Morgan fingerprint density at radius 2 is 2.29 bits per heavy atom. The van der Waals surface area contributed by atoms with Crippen molar-refractivity contribution in [2.75, 3.05) is 17.2 Å². The van der Waals surface area contributed by atoms with Gasteiger partial charge in [0.25, 0.3) is 5.91 Å². The van der Waals surface area contributed by atoms with Crippen LogP contribution in [0, 0.1) is 0 Å². The normalized spacial score (nSPS) is 12.9. The first-order chi connectivity index (χ1) is 8.33. The molecule has 0 bridgehead atoms. The highest BCUT2D eigenvalue weighted by molar-refractivity contribution is 7.12. The minimum absolute atomic E-state index is 0.0362. The number of anilines is 2. The molecule has 0 radical (unpaired) electrons. The third-order valence-corrected chi connectivity index (χ3v) is 3.69. The van der Waals surface area contributed by atoms with E-state index in [1.165, 1.54) is 22.6 Å². The van der Waals surface area contributed by atoms with Crippen LogP contribution in [-0.2, 0) is 6.42 Å². The number of nitrogens with one attached hydrogen (secondary N) is 2. The lowest BCUT2D eigenvalue weighted by Gasteiger charge is -2.06. The van der Waals surface area contributed by atoms with E-state index in [0.29, 0.717) is 0 Å². The summed E-state index contributed by atoms with van der Waals surface area (Å²) in [4.78, 5) is 12.6. The second kappa shape index (κ2) is 4.22. The van der Waals surface area contributed by atoms with Crippen LogP contribution in [0.4, 0.5) is 11.4 Å². The summed E-state index contributed by atoms with van der Waals surface area (Å²) in [7, 11) is 0. The van der Waals surface area contributed by atoms with E-state index >= 15 is 0 Å². The van der Waals surface area contributed by atoms with Gasteiger partial charge in [0.15, 0.2) is 0 Å². The summed E-state index contributed by atoms with van der Waals surface area (Å²) < 4.78 is 0. The molecule has 1 aliphatic rings. The maximum atomic E-state index is 11.9. The number of benzene rings is 1. The molecule has 86 valence electrons. The summed E-state index contributed by atoms with van der Waals surface area (Å²) in [6, 6.07) is 9.71. The van der Waals surface area contributed by atoms with Crippen molar-refractivity contribution in [1.82, 2.24) is 0 Å². The Hall–Kier alpha value is -1.81. The second-order valence-corrected chi connectivity index (χ2v) is 4.93. The zero-order chi connectivity index (χ0) is 11.7. The van der Waals surface area contributed by atoms with Crippen molar-refractivity contribution in [3.8, 4) is 0 Å². The first kappa shape index (κ1) is 10.4. The zero-order valence-corrected chi connectivity index (χ0v) is 10.0. The van der Waals surface area contributed by atoms with Crippen LogP contribution in [0.2, 0.25) is 0 Å². The molecule has 17 heavy (non-hydrogen) atoms. The fourth-order valence-electron chi connectivity index (χ4n) is 1.98. The van der Waals surface area contributed by atoms with Crippen molar-refractivity contribution in [2.45, 2.75) is 6.42 Å². The molecule has 1 amide bonds. The Kier molecular flexibility index (Phi) is 2.57. The molecule has 2 aromatic rings. The Balaban J connectivity index is 1.80. The van der Waals surface area contributed by atoms with Crippen molar-refractivity contribution in [1.29, 1.82) is 0 Å². The number of hydrogen-bond donors (Lipinski definition) is 2. The van der Waals surface area contributed by atoms with E-state index in [0.717, 1.165) is 23.5 Å². The van der Waals surface area contributed by atoms with Gasteiger partial charge < -0.3 is 10.6 Å². The Bertz CT molecular complexity index is 549. The molecule has 3 rings (SSSR count). The zero-order valence-electron chi connectivity index (χ0n) is 9.19. The number of rotatable bonds is 2. The molecular formula is C13H12N2OS. The molecule has 0 unspecified atom stereocenters. The highest BCUT2D eigenvalue weighted by Gasteiger charge is 2.12. The minimum Gasteiger partial charge on any atom is -0.384 e. The molecule has 2 N–H and O–H groups in total. The van der Waals surface area contributed by atoms with Crippen molar-refractivity contribution < 1.29 is 4.79 Å². The average Bonchev–Trinajstić information content (AvgIpc) is 2.99. The largest absolute Gasteiger partial charge is 0.384 e. The molecule has 1 aromatic carbocycles. The number of thiophene rings is 1. The fourth-order valence-corrected chi connectivity index (χ4v) is 2.60. The molecule has 0 saturated heterocycles. The predicted octanol–water partition coefficient (Wildman–Crippen LogP) is 2.97. The molecule has 0 aliphatic carbocycles. The smallest absolute Gasteiger partial charge is 0.265 e. The van der Waals surface area contributed by atoms with Gasteiger partial charge in [-0.15, -0.1) is 11.3 Å². The van der Waals surface area contributed by atoms with Gasteiger partial charge in [-0.05, 0) is 41.6 Å². The average molecular weight is 244 g/mol. The molecule has 0 fully saturated rings. The van der Waals surface area contributed by atoms with Crippen LogP contribution < -0.4 is 10.6 Å². The van der Waals surface area contributed by atoms with Gasteiger partial charge >= 0.3 is 0 Å². The SMILES string of the molecule is O=C(Nc1ccc2c(c1)CCN2)c1cccs1. The number of hydrogen-bond acceptors (Lipinski definition) is 3. The quantitative estimate of drug-likeness (QED) is 0.852. The van der Waals surface area contributed by atoms with Crippen LogP contribution in [0.15, 0.2) is 35.7 Å². The van der Waals surface area contributed by atoms with Gasteiger partial charge in [0.2, 0.25) is 0 Å². The van der Waals surface area contributed by atoms with Crippen LogP contribution in [0.3, 0.4) is 0 Å². The monoisotopic (exact) mass is 244 g/mol. The van der Waals surface area contributed by atoms with Gasteiger partial charge in [0.1, 0.15) is 0 Å². The standard InChI is InChI=1S/C13H12N2OS/c16-13(12-2-1-7-17-12)15-10-3-4-11-9(8-10)5-6-14-11/h1-4,7-8,14H,5-6H2,(H,15,16). The van der Waals surface area contributed by atoms with Gasteiger partial charge in [-0.3, -0.25) is 4.79 Å². The first-order valence-electron chi connectivity index (χ1n) is 5.54. The van der Waals surface area contributed by atoms with Crippen LogP contribution in [-0.4, -0.2) is 12.5 Å². The van der Waals surface area contributed by atoms with E-state index in [1.807, 2.05) is 35.7 Å². The van der Waals surface area contributed by atoms with Gasteiger partial charge in [-0.2, -0.15) is 0 Å². The van der Waals surface area contributed by atoms with E-state index in [9.17, 15) is 4.79 Å². The van der Waals surface area contributed by atoms with E-state index < -0.39 is 0 Å². The van der Waals surface area contributed by atoms with Crippen LogP contribution in [0.5, 0.6) is 0 Å². The van der Waals surface area contributed by atoms with Crippen LogP contribution >= 0.6 is 11.3 Å². The Labute approximate surface area is 103 Å². The highest BCUT2D eigenvalue weighted by atomic mass is 32.1. The van der Waals surface area contributed by atoms with Crippen molar-refractivity contribution in [2.24, 2.45) is 0 Å². The van der Waals surface area contributed by atoms with Crippen LogP contribution in [0.25, 0.3) is 0 Å². The van der Waals surface area contributed by atoms with Crippen molar-refractivity contribution in [3.05, 3.63) is 46.2 Å². The molecule has 0 spiro atoms. The number of amides is 1. The maximum absolute atomic E-state index is 11.9. The second-order valence-electron chi connectivity index (χ2n) is 3.98. The van der Waals surface area contributed by atoms with Gasteiger partial charge in [-0.25, -0.2) is 0 Å². The Morgan fingerprint density at radius 3 is 3.12 bits per heavy atom. The molecule has 1 aromatic heterocycles. The van der Waals surface area contributed by atoms with E-state index in [4.69, 9.17) is 0 Å². The van der Waals surface area contributed by atoms with E-state index in [1.54, 1.807) is 0 Å². The Morgan fingerprint density at radius 1 is 1.35 bits per heavy atom. The summed E-state index contributed by atoms with van der Waals surface area (Å²) in [6.45, 7) is 0.984. The van der Waals surface area contributed by atoms with Crippen molar-refractivity contribution in [3.63, 3.8) is 0 Å². The molecule has 0 saturated carbocycles. The predicted molar refractivity (Wildman–Crippen MR) is 70.9 cm³/mol. The minimum atomic E-state index is -0.0362. The van der Waals surface area contributed by atoms with Crippen LogP contribution in [0.1, 0.15) is 15.2 Å². The summed E-state index contributed by atoms with van der Waals surface area (Å²) in [5.41, 5.74) is 3.32. The molecule has 2 heterocycles. The molecule has 1 aliphatic heterocycles. The molecule has 3 nitrogen and oxygen atoms in total. The number of carbonyl (C=O) groups excluding carboxylic acids is 1. The summed E-state index contributed by atoms with van der Waals surface area (Å²) in [5, 5.41) is 8.12. The van der Waals surface area contributed by atoms with E-state index in [-0.39, 0.29) is 5.91 Å². The highest BCUT2D eigenvalue weighted by Crippen LogP contribution is 2.25. The third-order valence-electron chi connectivity index (χ3n) is 2.82. The summed E-state index contributed by atoms with van der Waals surface area (Å²) in [6.07, 6.45) is 1.03. The lowest BCUT2D eigenvalue weighted by molar-refractivity contribution is 0.103. The molecular weight excluding hydrogens is 232 g/mol. The maximum Gasteiger partial charge on any atom is 0.265 e. The van der Waals surface area contributed by atoms with Gasteiger partial charge in [0, 0.05) is 17.9 Å². The lowest BCUT2D eigenvalue weighted by atomic mass is 10.1. The fraction of sp³-hybridized carbons (Fsp3) is 0.154. The van der Waals surface area contributed by atoms with Gasteiger partial charge in [0.05, 0.1) is 4.88 Å². The lowest BCUT2D eigenvalue weighted by Crippen LogP contribution is -2.10. The van der Waals surface area contributed by atoms with E-state index in [2.05, 4.69) is 10.6 Å². The first-order valence-corrected chi connectivity index (χ1v) is 6.42. The topological polar surface area (TPSA) is 41.1 Å². The third kappa shape index (κ3) is 2.03. The van der Waals surface area contributed by atoms with Gasteiger partial charge in [-0.1, -0.05) is 6.07 Å². The number of carbonyl (C=O) groups is 1. The molecule has 4 heteroatoms. The van der Waals surface area contributed by atoms with Crippen molar-refractivity contribution >= 4 is 28.6 Å².